The number of amides is 4. The molecule has 0 spiro atoms. The van der Waals surface area contributed by atoms with Crippen molar-refractivity contribution in [3.8, 4) is 5.75 Å². The first-order valence-electron chi connectivity index (χ1n) is 7.95. The third-order valence-electron chi connectivity index (χ3n) is 4.00. The SMILES string of the molecule is CCCC1NC(=O)N(CC(=O)N(C)Cc2ccccc2OC)C1=O. The zero-order valence-electron chi connectivity index (χ0n) is 14.2. The zero-order valence-corrected chi connectivity index (χ0v) is 14.2. The van der Waals surface area contributed by atoms with Gasteiger partial charge in [-0.15, -0.1) is 0 Å². The standard InChI is InChI=1S/C17H23N3O4/c1-4-7-13-16(22)20(17(23)18-13)11-15(21)19(2)10-12-8-5-6-9-14(12)24-3/h5-6,8-9,13H,4,7,10-11H2,1-3H3,(H,18,23). The summed E-state index contributed by atoms with van der Waals surface area (Å²) in [7, 11) is 3.21. The number of carbonyl (C=O) groups excluding carboxylic acids is 3. The summed E-state index contributed by atoms with van der Waals surface area (Å²) in [5.74, 6) is 0.0533. The van der Waals surface area contributed by atoms with Crippen LogP contribution in [0.25, 0.3) is 0 Å². The molecule has 7 nitrogen and oxygen atoms in total. The van der Waals surface area contributed by atoms with E-state index in [0.29, 0.717) is 18.7 Å². The number of hydrogen-bond donors (Lipinski definition) is 1. The van der Waals surface area contributed by atoms with Crippen molar-refractivity contribution in [2.45, 2.75) is 32.4 Å². The maximum atomic E-state index is 12.4. The maximum absolute atomic E-state index is 12.4. The van der Waals surface area contributed by atoms with Gasteiger partial charge in [-0.2, -0.15) is 0 Å². The molecule has 1 unspecified atom stereocenters. The maximum Gasteiger partial charge on any atom is 0.325 e. The molecule has 1 saturated heterocycles. The molecule has 1 aliphatic rings. The molecule has 130 valence electrons. The highest BCUT2D eigenvalue weighted by molar-refractivity contribution is 6.06. The molecule has 0 radical (unpaired) electrons. The van der Waals surface area contributed by atoms with Crippen molar-refractivity contribution in [2.75, 3.05) is 20.7 Å². The fourth-order valence-corrected chi connectivity index (χ4v) is 2.64. The zero-order chi connectivity index (χ0) is 17.7. The molecule has 1 aliphatic heterocycles. The van der Waals surface area contributed by atoms with Crippen molar-refractivity contribution in [3.05, 3.63) is 29.8 Å². The number of urea groups is 1. The smallest absolute Gasteiger partial charge is 0.325 e. The highest BCUT2D eigenvalue weighted by atomic mass is 16.5. The van der Waals surface area contributed by atoms with Gasteiger partial charge in [0.05, 0.1) is 7.11 Å². The molecule has 24 heavy (non-hydrogen) atoms. The molecule has 0 aromatic heterocycles. The van der Waals surface area contributed by atoms with E-state index in [0.717, 1.165) is 16.9 Å². The Kier molecular flexibility index (Phi) is 5.78. The molecule has 1 atom stereocenters. The van der Waals surface area contributed by atoms with Gasteiger partial charge in [-0.3, -0.25) is 14.5 Å². The summed E-state index contributed by atoms with van der Waals surface area (Å²) >= 11 is 0. The van der Waals surface area contributed by atoms with Crippen molar-refractivity contribution in [2.24, 2.45) is 0 Å². The van der Waals surface area contributed by atoms with Gasteiger partial charge in [-0.1, -0.05) is 31.5 Å². The topological polar surface area (TPSA) is 79.0 Å². The van der Waals surface area contributed by atoms with Crippen LogP contribution in [0.5, 0.6) is 5.75 Å². The van der Waals surface area contributed by atoms with E-state index in [2.05, 4.69) is 5.32 Å². The number of carbonyl (C=O) groups is 3. The summed E-state index contributed by atoms with van der Waals surface area (Å²) in [6, 6.07) is 6.38. The van der Waals surface area contributed by atoms with Crippen molar-refractivity contribution in [1.29, 1.82) is 0 Å². The number of rotatable bonds is 7. The molecule has 1 heterocycles. The fourth-order valence-electron chi connectivity index (χ4n) is 2.64. The second kappa shape index (κ2) is 7.81. The Balaban J connectivity index is 1.99. The molecule has 0 bridgehead atoms. The summed E-state index contributed by atoms with van der Waals surface area (Å²) in [4.78, 5) is 38.9. The van der Waals surface area contributed by atoms with Crippen LogP contribution in [0, 0.1) is 0 Å². The minimum atomic E-state index is -0.519. The summed E-state index contributed by atoms with van der Waals surface area (Å²) < 4.78 is 5.27. The molecule has 4 amide bonds. The lowest BCUT2D eigenvalue weighted by Gasteiger charge is -2.21. The lowest BCUT2D eigenvalue weighted by molar-refractivity contribution is -0.136. The van der Waals surface area contributed by atoms with Crippen molar-refractivity contribution >= 4 is 17.8 Å². The van der Waals surface area contributed by atoms with Crippen LogP contribution in [0.1, 0.15) is 25.3 Å². The van der Waals surface area contributed by atoms with Gasteiger partial charge < -0.3 is 15.0 Å². The normalized spacial score (nSPS) is 17.0. The van der Waals surface area contributed by atoms with Gasteiger partial charge in [0.25, 0.3) is 5.91 Å². The van der Waals surface area contributed by atoms with E-state index in [4.69, 9.17) is 4.74 Å². The Morgan fingerprint density at radius 3 is 2.71 bits per heavy atom. The predicted octanol–water partition coefficient (Wildman–Crippen LogP) is 1.37. The molecule has 1 N–H and O–H groups in total. The summed E-state index contributed by atoms with van der Waals surface area (Å²) in [6.07, 6.45) is 1.36. The minimum absolute atomic E-state index is 0.253. The molecule has 0 aliphatic carbocycles. The number of imide groups is 1. The van der Waals surface area contributed by atoms with Crippen LogP contribution in [-0.4, -0.2) is 54.4 Å². The van der Waals surface area contributed by atoms with Crippen molar-refractivity contribution in [3.63, 3.8) is 0 Å². The van der Waals surface area contributed by atoms with E-state index in [9.17, 15) is 14.4 Å². The number of nitrogens with zero attached hydrogens (tertiary/aromatic N) is 2. The summed E-state index contributed by atoms with van der Waals surface area (Å²) in [5, 5.41) is 2.61. The largest absolute Gasteiger partial charge is 0.496 e. The fraction of sp³-hybridized carbons (Fsp3) is 0.471. The quantitative estimate of drug-likeness (QED) is 0.765. The number of ether oxygens (including phenoxy) is 1. The number of hydrogen-bond acceptors (Lipinski definition) is 4. The van der Waals surface area contributed by atoms with Crippen LogP contribution < -0.4 is 10.1 Å². The average molecular weight is 333 g/mol. The summed E-state index contributed by atoms with van der Waals surface area (Å²) in [6.45, 7) is 2.02. The first-order chi connectivity index (χ1) is 11.5. The van der Waals surface area contributed by atoms with E-state index < -0.39 is 12.1 Å². The van der Waals surface area contributed by atoms with Crippen molar-refractivity contribution < 1.29 is 19.1 Å². The summed E-state index contributed by atoms with van der Waals surface area (Å²) in [5.41, 5.74) is 0.858. The van der Waals surface area contributed by atoms with Crippen LogP contribution in [0.3, 0.4) is 0 Å². The lowest BCUT2D eigenvalue weighted by atomic mass is 10.1. The molecular formula is C17H23N3O4. The van der Waals surface area contributed by atoms with Crippen molar-refractivity contribution in [1.82, 2.24) is 15.1 Å². The van der Waals surface area contributed by atoms with E-state index >= 15 is 0 Å². The molecule has 1 fully saturated rings. The third-order valence-corrected chi connectivity index (χ3v) is 4.00. The van der Waals surface area contributed by atoms with Crippen LogP contribution in [0.4, 0.5) is 4.79 Å². The van der Waals surface area contributed by atoms with Crippen LogP contribution in [0.15, 0.2) is 24.3 Å². The Labute approximate surface area is 141 Å². The number of nitrogens with one attached hydrogen (secondary N) is 1. The van der Waals surface area contributed by atoms with Gasteiger partial charge in [-0.25, -0.2) is 4.79 Å². The first-order valence-corrected chi connectivity index (χ1v) is 7.95. The van der Waals surface area contributed by atoms with E-state index in [1.54, 1.807) is 14.2 Å². The van der Waals surface area contributed by atoms with Crippen LogP contribution in [-0.2, 0) is 16.1 Å². The molecule has 0 saturated carbocycles. The lowest BCUT2D eigenvalue weighted by Crippen LogP contribution is -2.41. The van der Waals surface area contributed by atoms with E-state index in [-0.39, 0.29) is 18.4 Å². The van der Waals surface area contributed by atoms with Gasteiger partial charge in [0.1, 0.15) is 18.3 Å². The monoisotopic (exact) mass is 333 g/mol. The molecule has 2 rings (SSSR count). The predicted molar refractivity (Wildman–Crippen MR) is 88.4 cm³/mol. The van der Waals surface area contributed by atoms with E-state index in [1.807, 2.05) is 31.2 Å². The molecule has 7 heteroatoms. The number of benzene rings is 1. The van der Waals surface area contributed by atoms with Gasteiger partial charge in [-0.05, 0) is 12.5 Å². The number of para-hydroxylation sites is 1. The average Bonchev–Trinajstić information content (AvgIpc) is 2.83. The first kappa shape index (κ1) is 17.8. The Hall–Kier alpha value is -2.57. The van der Waals surface area contributed by atoms with Crippen LogP contribution in [0.2, 0.25) is 0 Å². The number of likely N-dealkylation sites (N-methyl/N-ethyl adjacent to an activating group) is 1. The molecular weight excluding hydrogens is 310 g/mol. The Morgan fingerprint density at radius 1 is 1.33 bits per heavy atom. The Bertz CT molecular complexity index is 632. The van der Waals surface area contributed by atoms with Crippen LogP contribution >= 0.6 is 0 Å². The number of methoxy groups -OCH3 is 1. The molecule has 1 aromatic carbocycles. The van der Waals surface area contributed by atoms with Gasteiger partial charge in [0.2, 0.25) is 5.91 Å². The third kappa shape index (κ3) is 3.84. The minimum Gasteiger partial charge on any atom is -0.496 e. The highest BCUT2D eigenvalue weighted by Crippen LogP contribution is 2.19. The second-order valence-corrected chi connectivity index (χ2v) is 5.78. The molecule has 1 aromatic rings. The van der Waals surface area contributed by atoms with E-state index in [1.165, 1.54) is 4.90 Å². The Morgan fingerprint density at radius 2 is 2.04 bits per heavy atom. The highest BCUT2D eigenvalue weighted by Gasteiger charge is 2.38. The van der Waals surface area contributed by atoms with Gasteiger partial charge in [0, 0.05) is 19.2 Å². The van der Waals surface area contributed by atoms with Gasteiger partial charge in [0.15, 0.2) is 0 Å². The van der Waals surface area contributed by atoms with Gasteiger partial charge >= 0.3 is 6.03 Å². The second-order valence-electron chi connectivity index (χ2n) is 5.78.